The Kier molecular flexibility index (Phi) is 3.45. The van der Waals surface area contributed by atoms with Gasteiger partial charge in [0.1, 0.15) is 0 Å². The Labute approximate surface area is 123 Å². The fourth-order valence-corrected chi connectivity index (χ4v) is 3.41. The number of hydrogen-bond acceptors (Lipinski definition) is 3. The summed E-state index contributed by atoms with van der Waals surface area (Å²) in [6, 6.07) is 3.52. The smallest absolute Gasteiger partial charge is 0.336 e. The van der Waals surface area contributed by atoms with Crippen LogP contribution in [0.5, 0.6) is 0 Å². The molecule has 3 unspecified atom stereocenters. The highest BCUT2D eigenvalue weighted by molar-refractivity contribution is 6.06. The van der Waals surface area contributed by atoms with E-state index in [-0.39, 0.29) is 35.3 Å². The van der Waals surface area contributed by atoms with Crippen molar-refractivity contribution in [1.29, 1.82) is 0 Å². The second kappa shape index (κ2) is 5.15. The van der Waals surface area contributed by atoms with E-state index in [1.165, 1.54) is 0 Å². The zero-order chi connectivity index (χ0) is 15.1. The zero-order valence-electron chi connectivity index (χ0n) is 12.2. The highest BCUT2D eigenvalue weighted by atomic mass is 16.5. The lowest BCUT2D eigenvalue weighted by molar-refractivity contribution is 0.0688. The Hall–Kier alpha value is -1.88. The maximum absolute atomic E-state index is 12.5. The molecule has 2 aliphatic heterocycles. The second-order valence-electron chi connectivity index (χ2n) is 5.94. The molecule has 0 aromatic heterocycles. The number of carboxylic acids is 1. The number of ether oxygens (including phenoxy) is 1. The largest absolute Gasteiger partial charge is 0.478 e. The van der Waals surface area contributed by atoms with Crippen molar-refractivity contribution >= 4 is 11.9 Å². The van der Waals surface area contributed by atoms with Gasteiger partial charge in [-0.25, -0.2) is 4.79 Å². The van der Waals surface area contributed by atoms with Gasteiger partial charge in [-0.3, -0.25) is 4.79 Å². The summed E-state index contributed by atoms with van der Waals surface area (Å²) < 4.78 is 5.72. The average molecular weight is 289 g/mol. The van der Waals surface area contributed by atoms with Crippen LogP contribution in [-0.4, -0.2) is 35.2 Å². The first-order valence-electron chi connectivity index (χ1n) is 7.27. The molecule has 0 saturated carbocycles. The van der Waals surface area contributed by atoms with E-state index in [0.29, 0.717) is 11.1 Å². The number of nitrogens with one attached hydrogen (secondary N) is 1. The van der Waals surface area contributed by atoms with Crippen LogP contribution in [0.15, 0.2) is 12.1 Å². The number of carbonyl (C=O) groups is 2. The molecule has 2 aliphatic rings. The first-order chi connectivity index (χ1) is 9.97. The molecule has 1 aromatic rings. The first kappa shape index (κ1) is 14.1. The predicted molar refractivity (Wildman–Crippen MR) is 76.6 cm³/mol. The van der Waals surface area contributed by atoms with Crippen LogP contribution in [0.2, 0.25) is 0 Å². The van der Waals surface area contributed by atoms with Gasteiger partial charge in [-0.1, -0.05) is 12.1 Å². The molecule has 1 aromatic carbocycles. The Morgan fingerprint density at radius 1 is 1.19 bits per heavy atom. The Bertz CT molecular complexity index is 611. The summed E-state index contributed by atoms with van der Waals surface area (Å²) in [5.41, 5.74) is 1.64. The van der Waals surface area contributed by atoms with Gasteiger partial charge in [-0.2, -0.15) is 0 Å². The number of fused-ring (bicyclic) bond motifs is 2. The molecule has 2 bridgehead atoms. The van der Waals surface area contributed by atoms with E-state index >= 15 is 0 Å². The van der Waals surface area contributed by atoms with Gasteiger partial charge in [-0.15, -0.1) is 0 Å². The summed E-state index contributed by atoms with van der Waals surface area (Å²) in [4.78, 5) is 24.0. The predicted octanol–water partition coefficient (Wildman–Crippen LogP) is 2.05. The normalized spacial score (nSPS) is 26.9. The van der Waals surface area contributed by atoms with E-state index in [1.54, 1.807) is 26.0 Å². The number of amides is 1. The van der Waals surface area contributed by atoms with Gasteiger partial charge in [0, 0.05) is 0 Å². The van der Waals surface area contributed by atoms with E-state index in [0.717, 1.165) is 19.3 Å². The Balaban J connectivity index is 1.87. The van der Waals surface area contributed by atoms with Crippen LogP contribution in [-0.2, 0) is 4.74 Å². The number of carbonyl (C=O) groups excluding carboxylic acids is 1. The van der Waals surface area contributed by atoms with Crippen molar-refractivity contribution in [3.05, 3.63) is 34.4 Å². The van der Waals surface area contributed by atoms with Gasteiger partial charge in [0.15, 0.2) is 0 Å². The van der Waals surface area contributed by atoms with Crippen molar-refractivity contribution in [2.24, 2.45) is 0 Å². The van der Waals surface area contributed by atoms with Gasteiger partial charge >= 0.3 is 5.97 Å². The third kappa shape index (κ3) is 2.42. The maximum Gasteiger partial charge on any atom is 0.336 e. The second-order valence-corrected chi connectivity index (χ2v) is 5.94. The third-order valence-corrected chi connectivity index (χ3v) is 4.49. The lowest BCUT2D eigenvalue weighted by atomic mass is 9.93. The van der Waals surface area contributed by atoms with Crippen molar-refractivity contribution in [3.8, 4) is 0 Å². The fraction of sp³-hybridized carbons (Fsp3) is 0.500. The number of carboxylic acid groups (broad SMARTS) is 1. The number of hydrogen-bond donors (Lipinski definition) is 2. The highest BCUT2D eigenvalue weighted by Gasteiger charge is 2.41. The summed E-state index contributed by atoms with van der Waals surface area (Å²) in [7, 11) is 0. The van der Waals surface area contributed by atoms with Gasteiger partial charge in [-0.05, 0) is 44.2 Å². The van der Waals surface area contributed by atoms with Crippen LogP contribution < -0.4 is 5.32 Å². The molecule has 2 heterocycles. The van der Waals surface area contributed by atoms with Crippen LogP contribution in [0.4, 0.5) is 0 Å². The minimum atomic E-state index is -1.06. The third-order valence-electron chi connectivity index (χ3n) is 4.49. The van der Waals surface area contributed by atoms with E-state index in [9.17, 15) is 14.7 Å². The van der Waals surface area contributed by atoms with E-state index < -0.39 is 5.97 Å². The monoisotopic (exact) mass is 289 g/mol. The summed E-state index contributed by atoms with van der Waals surface area (Å²) in [5, 5.41) is 12.3. The van der Waals surface area contributed by atoms with Crippen molar-refractivity contribution in [1.82, 2.24) is 5.32 Å². The molecule has 1 amide bonds. The average Bonchev–Trinajstić information content (AvgIpc) is 3.02. The lowest BCUT2D eigenvalue weighted by Gasteiger charge is -2.21. The van der Waals surface area contributed by atoms with Gasteiger partial charge in [0.25, 0.3) is 5.91 Å². The minimum Gasteiger partial charge on any atom is -0.478 e. The van der Waals surface area contributed by atoms with Crippen LogP contribution in [0.3, 0.4) is 0 Å². The molecule has 21 heavy (non-hydrogen) atoms. The summed E-state index contributed by atoms with van der Waals surface area (Å²) >= 11 is 0. The molecule has 0 radical (unpaired) electrons. The molecule has 0 spiro atoms. The maximum atomic E-state index is 12.5. The molecular weight excluding hydrogens is 270 g/mol. The summed E-state index contributed by atoms with van der Waals surface area (Å²) in [5.74, 6) is -1.37. The van der Waals surface area contributed by atoms with E-state index in [2.05, 4.69) is 5.32 Å². The fourth-order valence-electron chi connectivity index (χ4n) is 3.41. The first-order valence-corrected chi connectivity index (χ1v) is 7.27. The van der Waals surface area contributed by atoms with Crippen LogP contribution in [0.25, 0.3) is 0 Å². The molecule has 2 fully saturated rings. The Morgan fingerprint density at radius 3 is 2.38 bits per heavy atom. The topological polar surface area (TPSA) is 75.6 Å². The van der Waals surface area contributed by atoms with Crippen LogP contribution >= 0.6 is 0 Å². The van der Waals surface area contributed by atoms with Gasteiger partial charge < -0.3 is 15.2 Å². The molecule has 3 rings (SSSR count). The molecule has 112 valence electrons. The summed E-state index contributed by atoms with van der Waals surface area (Å²) in [6.45, 7) is 3.47. The molecule has 2 saturated heterocycles. The van der Waals surface area contributed by atoms with Crippen LogP contribution in [0, 0.1) is 13.8 Å². The zero-order valence-corrected chi connectivity index (χ0v) is 12.2. The van der Waals surface area contributed by atoms with Gasteiger partial charge in [0.2, 0.25) is 0 Å². The highest BCUT2D eigenvalue weighted by Crippen LogP contribution is 2.34. The quantitative estimate of drug-likeness (QED) is 0.893. The number of aromatic carboxylic acids is 1. The molecule has 5 heteroatoms. The number of aryl methyl sites for hydroxylation is 2. The molecular formula is C16H19NO4. The standard InChI is InChI=1S/C16H19NO4/c1-8-3-4-9(2)14(16(19)20)13(8)15(18)17-11-7-10-5-6-12(11)21-10/h3-4,10-12H,5-7H2,1-2H3,(H,17,18)(H,19,20). The molecule has 3 atom stereocenters. The minimum absolute atomic E-state index is 0.00203. The van der Waals surface area contributed by atoms with Crippen molar-refractivity contribution in [3.63, 3.8) is 0 Å². The van der Waals surface area contributed by atoms with Crippen molar-refractivity contribution in [2.45, 2.75) is 51.4 Å². The molecule has 5 nitrogen and oxygen atoms in total. The Morgan fingerprint density at radius 2 is 1.86 bits per heavy atom. The number of benzene rings is 1. The number of rotatable bonds is 3. The molecule has 0 aliphatic carbocycles. The molecule has 2 N–H and O–H groups in total. The van der Waals surface area contributed by atoms with E-state index in [4.69, 9.17) is 4.74 Å². The van der Waals surface area contributed by atoms with Crippen molar-refractivity contribution in [2.75, 3.05) is 0 Å². The summed E-state index contributed by atoms with van der Waals surface area (Å²) in [6.07, 6.45) is 3.17. The SMILES string of the molecule is Cc1ccc(C)c(C(=O)NC2CC3CCC2O3)c1C(=O)O. The van der Waals surface area contributed by atoms with Crippen LogP contribution in [0.1, 0.15) is 51.1 Å². The van der Waals surface area contributed by atoms with Gasteiger partial charge in [0.05, 0.1) is 29.4 Å². The van der Waals surface area contributed by atoms with E-state index in [1.807, 2.05) is 0 Å². The van der Waals surface area contributed by atoms with Crippen molar-refractivity contribution < 1.29 is 19.4 Å². The lowest BCUT2D eigenvalue weighted by Crippen LogP contribution is -2.42.